The Balaban J connectivity index is 1.68. The molecule has 0 spiro atoms. The number of hydrogen-bond acceptors (Lipinski definition) is 9. The van der Waals surface area contributed by atoms with Crippen LogP contribution in [0.15, 0.2) is 37.4 Å². The lowest BCUT2D eigenvalue weighted by Crippen LogP contribution is -2.37. The van der Waals surface area contributed by atoms with E-state index < -0.39 is 34.3 Å². The van der Waals surface area contributed by atoms with Crippen LogP contribution in [0.4, 0.5) is 34.6 Å². The highest BCUT2D eigenvalue weighted by Crippen LogP contribution is 2.33. The van der Waals surface area contributed by atoms with E-state index >= 15 is 0 Å². The number of aromatic nitrogens is 2. The van der Waals surface area contributed by atoms with Gasteiger partial charge in [-0.05, 0) is 28.5 Å². The number of nitrogens with two attached hydrogens (primary N) is 2. The summed E-state index contributed by atoms with van der Waals surface area (Å²) in [5.41, 5.74) is 7.34. The van der Waals surface area contributed by atoms with E-state index in [1.165, 1.54) is 0 Å². The van der Waals surface area contributed by atoms with Gasteiger partial charge in [0.25, 0.3) is 16.7 Å². The van der Waals surface area contributed by atoms with Crippen LogP contribution in [0.2, 0.25) is 0 Å². The molecule has 0 amide bonds. The summed E-state index contributed by atoms with van der Waals surface area (Å²) in [6.07, 6.45) is -4.91. The van der Waals surface area contributed by atoms with Crippen LogP contribution in [0.25, 0.3) is 0 Å². The highest BCUT2D eigenvalue weighted by atomic mass is 19.4. The fraction of sp³-hybridized carbons (Fsp3) is 0.188. The number of ether oxygens (including phenoxy) is 1. The smallest absolute Gasteiger partial charge is 0.419 e. The number of nitrogens with zero attached hydrogens (tertiary/aromatic N) is 3. The molecule has 3 aromatic rings. The van der Waals surface area contributed by atoms with Gasteiger partial charge in [0.05, 0.1) is 11.3 Å². The van der Waals surface area contributed by atoms with E-state index in [2.05, 4.69) is 25.3 Å². The third-order valence-electron chi connectivity index (χ3n) is 3.80. The second-order valence-corrected chi connectivity index (χ2v) is 5.80. The number of amidine groups is 1. The van der Waals surface area contributed by atoms with Crippen molar-refractivity contribution in [2.24, 2.45) is 10.7 Å². The maximum absolute atomic E-state index is 13.4. The van der Waals surface area contributed by atoms with Crippen molar-refractivity contribution in [3.05, 3.63) is 55.7 Å². The summed E-state index contributed by atoms with van der Waals surface area (Å²) in [4.78, 5) is 26.0. The first kappa shape index (κ1) is 20.8. The predicted octanol–water partition coefficient (Wildman–Crippen LogP) is 0.934. The van der Waals surface area contributed by atoms with E-state index in [9.17, 15) is 27.2 Å². The zero-order valence-electron chi connectivity index (χ0n) is 14.8. The van der Waals surface area contributed by atoms with Crippen molar-refractivity contribution in [3.8, 4) is 5.88 Å². The summed E-state index contributed by atoms with van der Waals surface area (Å²) in [7, 11) is 0. The van der Waals surface area contributed by atoms with Gasteiger partial charge in [0, 0.05) is 6.54 Å². The van der Waals surface area contributed by atoms with Crippen LogP contribution >= 0.6 is 0 Å². The number of nitrogen functional groups attached to an aromatic ring is 1. The third kappa shape index (κ3) is 4.06. The Morgan fingerprint density at radius 1 is 1.23 bits per heavy atom. The lowest BCUT2D eigenvalue weighted by Gasteiger charge is -2.10. The standard InChI is InChI=1S/C16H12F4N6O4/c17-8-2-1-6(5-7(8)16(18,19)20)24-14(22)11-15(26-30-25-11)29-4-3-23-10-9(21)12(27)13(10)28/h1-2,5,23H,3-4,21H2,(H2,22,24). The minimum Gasteiger partial charge on any atom is -0.472 e. The zero-order chi connectivity index (χ0) is 22.1. The molecule has 0 radical (unpaired) electrons. The van der Waals surface area contributed by atoms with E-state index in [0.717, 1.165) is 6.07 Å². The maximum atomic E-state index is 13.4. The molecule has 0 unspecified atom stereocenters. The lowest BCUT2D eigenvalue weighted by molar-refractivity contribution is -0.139. The summed E-state index contributed by atoms with van der Waals surface area (Å²) in [5, 5.41) is 9.51. The highest BCUT2D eigenvalue weighted by Gasteiger charge is 2.34. The first-order valence-corrected chi connectivity index (χ1v) is 8.09. The Kier molecular flexibility index (Phi) is 5.40. The van der Waals surface area contributed by atoms with Gasteiger partial charge in [-0.15, -0.1) is 0 Å². The normalized spacial score (nSPS) is 12.3. The Hall–Kier alpha value is -3.97. The van der Waals surface area contributed by atoms with Crippen molar-refractivity contribution in [1.82, 2.24) is 10.3 Å². The molecule has 0 fully saturated rings. The van der Waals surface area contributed by atoms with Crippen molar-refractivity contribution in [2.45, 2.75) is 6.18 Å². The van der Waals surface area contributed by atoms with Crippen molar-refractivity contribution in [1.29, 1.82) is 0 Å². The van der Waals surface area contributed by atoms with E-state index in [4.69, 9.17) is 16.2 Å². The molecule has 1 heterocycles. The van der Waals surface area contributed by atoms with Crippen molar-refractivity contribution in [2.75, 3.05) is 24.2 Å². The second-order valence-electron chi connectivity index (χ2n) is 5.80. The molecular weight excluding hydrogens is 416 g/mol. The molecule has 30 heavy (non-hydrogen) atoms. The van der Waals surface area contributed by atoms with Crippen LogP contribution in [-0.2, 0) is 6.18 Å². The van der Waals surface area contributed by atoms with Gasteiger partial charge in [0.15, 0.2) is 5.84 Å². The van der Waals surface area contributed by atoms with E-state index in [0.29, 0.717) is 12.1 Å². The van der Waals surface area contributed by atoms with Crippen molar-refractivity contribution in [3.63, 3.8) is 0 Å². The second kappa shape index (κ2) is 7.81. The molecule has 1 aromatic heterocycles. The number of nitrogens with one attached hydrogen (secondary N) is 1. The van der Waals surface area contributed by atoms with E-state index in [1.54, 1.807) is 0 Å². The molecule has 2 aromatic carbocycles. The average Bonchev–Trinajstić information content (AvgIpc) is 3.16. The molecule has 5 N–H and O–H groups in total. The van der Waals surface area contributed by atoms with Crippen LogP contribution in [0.5, 0.6) is 5.88 Å². The quantitative estimate of drug-likeness (QED) is 0.164. The summed E-state index contributed by atoms with van der Waals surface area (Å²) < 4.78 is 61.5. The fourth-order valence-corrected chi connectivity index (χ4v) is 2.33. The molecule has 10 nitrogen and oxygen atoms in total. The average molecular weight is 428 g/mol. The SMILES string of the molecule is NC(=Nc1ccc(F)c(C(F)(F)F)c1)c1nonc1OCCNc1c(N)c(=O)c1=O. The van der Waals surface area contributed by atoms with Gasteiger partial charge in [-0.1, -0.05) is 0 Å². The zero-order valence-corrected chi connectivity index (χ0v) is 14.8. The first-order valence-electron chi connectivity index (χ1n) is 8.09. The maximum Gasteiger partial charge on any atom is 0.419 e. The molecular formula is C16H12F4N6O4. The number of benzene rings is 1. The van der Waals surface area contributed by atoms with Gasteiger partial charge in [-0.25, -0.2) is 14.0 Å². The largest absolute Gasteiger partial charge is 0.472 e. The van der Waals surface area contributed by atoms with E-state index in [1.807, 2.05) is 0 Å². The Labute approximate surface area is 163 Å². The molecule has 0 aliphatic heterocycles. The van der Waals surface area contributed by atoms with Crippen molar-refractivity contribution < 1.29 is 26.9 Å². The molecule has 14 heteroatoms. The minimum atomic E-state index is -4.91. The number of aliphatic imine (C=N–C) groups is 1. The van der Waals surface area contributed by atoms with Gasteiger partial charge in [0.2, 0.25) is 5.69 Å². The number of rotatable bonds is 7. The number of alkyl halides is 3. The van der Waals surface area contributed by atoms with Gasteiger partial charge < -0.3 is 21.5 Å². The molecule has 0 atom stereocenters. The van der Waals surface area contributed by atoms with Gasteiger partial charge in [-0.2, -0.15) is 13.2 Å². The molecule has 0 aliphatic carbocycles. The van der Waals surface area contributed by atoms with Crippen LogP contribution in [-0.4, -0.2) is 29.3 Å². The summed E-state index contributed by atoms with van der Waals surface area (Å²) in [6, 6.07) is 2.07. The third-order valence-corrected chi connectivity index (χ3v) is 3.80. The fourth-order valence-electron chi connectivity index (χ4n) is 2.33. The van der Waals surface area contributed by atoms with E-state index in [-0.39, 0.29) is 41.8 Å². The lowest BCUT2D eigenvalue weighted by atomic mass is 10.2. The van der Waals surface area contributed by atoms with Gasteiger partial charge in [-0.3, -0.25) is 9.59 Å². The van der Waals surface area contributed by atoms with Gasteiger partial charge in [0.1, 0.15) is 23.8 Å². The van der Waals surface area contributed by atoms with Crippen LogP contribution in [0.3, 0.4) is 0 Å². The molecule has 0 bridgehead atoms. The summed E-state index contributed by atoms with van der Waals surface area (Å²) >= 11 is 0. The van der Waals surface area contributed by atoms with Crippen molar-refractivity contribution >= 4 is 22.9 Å². The number of halogens is 4. The van der Waals surface area contributed by atoms with Crippen LogP contribution < -0.4 is 32.4 Å². The highest BCUT2D eigenvalue weighted by molar-refractivity contribution is 5.99. The molecule has 158 valence electrons. The Morgan fingerprint density at radius 3 is 2.63 bits per heavy atom. The molecule has 0 aliphatic rings. The minimum absolute atomic E-state index is 0.0278. The Morgan fingerprint density at radius 2 is 1.97 bits per heavy atom. The topological polar surface area (TPSA) is 159 Å². The van der Waals surface area contributed by atoms with Crippen LogP contribution in [0, 0.1) is 5.82 Å². The molecule has 0 saturated heterocycles. The summed E-state index contributed by atoms with van der Waals surface area (Å²) in [5.74, 6) is -2.08. The summed E-state index contributed by atoms with van der Waals surface area (Å²) in [6.45, 7) is -0.0488. The predicted molar refractivity (Wildman–Crippen MR) is 95.8 cm³/mol. The number of anilines is 2. The molecule has 0 saturated carbocycles. The van der Waals surface area contributed by atoms with Crippen LogP contribution in [0.1, 0.15) is 11.3 Å². The number of hydrogen-bond donors (Lipinski definition) is 3. The monoisotopic (exact) mass is 428 g/mol. The van der Waals surface area contributed by atoms with Gasteiger partial charge >= 0.3 is 6.18 Å². The Bertz CT molecular complexity index is 1180. The first-order chi connectivity index (χ1) is 14.1. The molecule has 3 rings (SSSR count).